The van der Waals surface area contributed by atoms with Gasteiger partial charge in [0.15, 0.2) is 0 Å². The molecule has 25 heavy (non-hydrogen) atoms. The Morgan fingerprint density at radius 3 is 2.48 bits per heavy atom. The van der Waals surface area contributed by atoms with Crippen molar-refractivity contribution in [3.63, 3.8) is 0 Å². The number of benzene rings is 2. The highest BCUT2D eigenvalue weighted by molar-refractivity contribution is 5.94. The van der Waals surface area contributed by atoms with E-state index in [1.807, 2.05) is 66.2 Å². The van der Waals surface area contributed by atoms with E-state index in [0.717, 1.165) is 23.4 Å². The topological polar surface area (TPSA) is 56.1 Å². The lowest BCUT2D eigenvalue weighted by Crippen LogP contribution is -2.26. The Balaban J connectivity index is 1.61. The minimum atomic E-state index is -0.0856. The van der Waals surface area contributed by atoms with Crippen molar-refractivity contribution in [1.82, 2.24) is 14.9 Å². The maximum absolute atomic E-state index is 12.4. The van der Waals surface area contributed by atoms with Gasteiger partial charge in [0.1, 0.15) is 5.75 Å². The molecule has 128 valence electrons. The second kappa shape index (κ2) is 7.66. The van der Waals surface area contributed by atoms with Gasteiger partial charge < -0.3 is 14.6 Å². The molecule has 0 unspecified atom stereocenters. The predicted molar refractivity (Wildman–Crippen MR) is 96.6 cm³/mol. The van der Waals surface area contributed by atoms with Crippen LogP contribution in [-0.2, 0) is 6.54 Å². The summed E-state index contributed by atoms with van der Waals surface area (Å²) in [7, 11) is 1.64. The number of carbonyl (C=O) groups excluding carboxylic acids is 1. The molecule has 2 aromatic carbocycles. The van der Waals surface area contributed by atoms with Crippen LogP contribution in [0.15, 0.2) is 67.3 Å². The maximum atomic E-state index is 12.4. The molecule has 1 heterocycles. The van der Waals surface area contributed by atoms with Crippen molar-refractivity contribution in [2.24, 2.45) is 0 Å². The first-order chi connectivity index (χ1) is 12.2. The van der Waals surface area contributed by atoms with E-state index in [9.17, 15) is 4.79 Å². The number of rotatable bonds is 6. The van der Waals surface area contributed by atoms with Crippen molar-refractivity contribution in [3.8, 4) is 5.75 Å². The quantitative estimate of drug-likeness (QED) is 0.751. The SMILES string of the molecule is COc1ccc([C@H](C)NC(=O)c2ccc(Cn3ccnc3)cc2)cc1. The highest BCUT2D eigenvalue weighted by Gasteiger charge is 2.11. The van der Waals surface area contributed by atoms with Crippen LogP contribution in [0.5, 0.6) is 5.75 Å². The van der Waals surface area contributed by atoms with Crippen molar-refractivity contribution in [1.29, 1.82) is 0 Å². The van der Waals surface area contributed by atoms with Gasteiger partial charge in [-0.1, -0.05) is 24.3 Å². The molecule has 0 radical (unpaired) electrons. The van der Waals surface area contributed by atoms with Crippen molar-refractivity contribution >= 4 is 5.91 Å². The average Bonchev–Trinajstić information content (AvgIpc) is 3.15. The van der Waals surface area contributed by atoms with Gasteiger partial charge in [-0.3, -0.25) is 4.79 Å². The van der Waals surface area contributed by atoms with Crippen molar-refractivity contribution in [2.45, 2.75) is 19.5 Å². The number of ether oxygens (including phenoxy) is 1. The predicted octanol–water partition coefficient (Wildman–Crippen LogP) is 3.43. The van der Waals surface area contributed by atoms with E-state index in [1.54, 1.807) is 19.6 Å². The lowest BCUT2D eigenvalue weighted by Gasteiger charge is -2.15. The zero-order valence-electron chi connectivity index (χ0n) is 14.3. The number of hydrogen-bond donors (Lipinski definition) is 1. The Hall–Kier alpha value is -3.08. The van der Waals surface area contributed by atoms with Gasteiger partial charge in [0.25, 0.3) is 5.91 Å². The zero-order chi connectivity index (χ0) is 17.6. The van der Waals surface area contributed by atoms with Gasteiger partial charge >= 0.3 is 0 Å². The van der Waals surface area contributed by atoms with Crippen LogP contribution >= 0.6 is 0 Å². The van der Waals surface area contributed by atoms with Gasteiger partial charge in [-0.05, 0) is 42.3 Å². The fourth-order valence-corrected chi connectivity index (χ4v) is 2.61. The summed E-state index contributed by atoms with van der Waals surface area (Å²) >= 11 is 0. The molecular formula is C20H21N3O2. The first-order valence-corrected chi connectivity index (χ1v) is 8.15. The van der Waals surface area contributed by atoms with Gasteiger partial charge in [-0.2, -0.15) is 0 Å². The minimum absolute atomic E-state index is 0.0796. The van der Waals surface area contributed by atoms with E-state index in [0.29, 0.717) is 5.56 Å². The fraction of sp³-hybridized carbons (Fsp3) is 0.200. The number of amides is 1. The van der Waals surface area contributed by atoms with Gasteiger partial charge in [0.2, 0.25) is 0 Å². The summed E-state index contributed by atoms with van der Waals surface area (Å²) in [5, 5.41) is 3.02. The third-order valence-electron chi connectivity index (χ3n) is 4.10. The van der Waals surface area contributed by atoms with E-state index in [1.165, 1.54) is 0 Å². The standard InChI is InChI=1S/C20H21N3O2/c1-15(17-7-9-19(25-2)10-8-17)22-20(24)18-5-3-16(4-6-18)13-23-12-11-21-14-23/h3-12,14-15H,13H2,1-2H3,(H,22,24)/t15-/m0/s1. The summed E-state index contributed by atoms with van der Waals surface area (Å²) in [4.78, 5) is 16.5. The molecule has 5 nitrogen and oxygen atoms in total. The molecule has 1 N–H and O–H groups in total. The number of carbonyl (C=O) groups is 1. The van der Waals surface area contributed by atoms with E-state index in [2.05, 4.69) is 10.3 Å². The second-order valence-corrected chi connectivity index (χ2v) is 5.90. The molecule has 3 rings (SSSR count). The number of methoxy groups -OCH3 is 1. The number of nitrogens with one attached hydrogen (secondary N) is 1. The largest absolute Gasteiger partial charge is 0.497 e. The normalized spacial score (nSPS) is 11.8. The van der Waals surface area contributed by atoms with Crippen LogP contribution in [0.2, 0.25) is 0 Å². The lowest BCUT2D eigenvalue weighted by atomic mass is 10.1. The van der Waals surface area contributed by atoms with Gasteiger partial charge in [0.05, 0.1) is 19.5 Å². The molecule has 0 spiro atoms. The molecule has 3 aromatic rings. The Kier molecular flexibility index (Phi) is 5.14. The molecule has 0 fully saturated rings. The van der Waals surface area contributed by atoms with Gasteiger partial charge in [-0.15, -0.1) is 0 Å². The van der Waals surface area contributed by atoms with Crippen molar-refractivity contribution < 1.29 is 9.53 Å². The Morgan fingerprint density at radius 1 is 1.16 bits per heavy atom. The van der Waals surface area contributed by atoms with Crippen LogP contribution in [0.1, 0.15) is 34.5 Å². The molecule has 1 atom stereocenters. The van der Waals surface area contributed by atoms with E-state index in [4.69, 9.17) is 4.74 Å². The van der Waals surface area contributed by atoms with Gasteiger partial charge in [-0.25, -0.2) is 4.98 Å². The van der Waals surface area contributed by atoms with Crippen LogP contribution in [0, 0.1) is 0 Å². The number of imidazole rings is 1. The van der Waals surface area contributed by atoms with Crippen LogP contribution < -0.4 is 10.1 Å². The molecule has 1 aromatic heterocycles. The number of hydrogen-bond acceptors (Lipinski definition) is 3. The summed E-state index contributed by atoms with van der Waals surface area (Å²) in [6.07, 6.45) is 5.44. The van der Waals surface area contributed by atoms with Crippen molar-refractivity contribution in [2.75, 3.05) is 7.11 Å². The first-order valence-electron chi connectivity index (χ1n) is 8.15. The molecule has 5 heteroatoms. The molecule has 0 saturated heterocycles. The van der Waals surface area contributed by atoms with E-state index in [-0.39, 0.29) is 11.9 Å². The molecule has 0 aliphatic rings. The molecule has 1 amide bonds. The molecule has 0 aliphatic heterocycles. The first kappa shape index (κ1) is 16.8. The lowest BCUT2D eigenvalue weighted by molar-refractivity contribution is 0.0940. The fourth-order valence-electron chi connectivity index (χ4n) is 2.61. The summed E-state index contributed by atoms with van der Waals surface area (Å²) in [5.74, 6) is 0.716. The Morgan fingerprint density at radius 2 is 1.88 bits per heavy atom. The second-order valence-electron chi connectivity index (χ2n) is 5.90. The summed E-state index contributed by atoms with van der Waals surface area (Å²) in [5.41, 5.74) is 2.80. The van der Waals surface area contributed by atoms with E-state index >= 15 is 0 Å². The summed E-state index contributed by atoms with van der Waals surface area (Å²) in [6.45, 7) is 2.71. The minimum Gasteiger partial charge on any atom is -0.497 e. The highest BCUT2D eigenvalue weighted by atomic mass is 16.5. The number of nitrogens with zero attached hydrogens (tertiary/aromatic N) is 2. The van der Waals surface area contributed by atoms with Crippen LogP contribution in [0.25, 0.3) is 0 Å². The third kappa shape index (κ3) is 4.26. The summed E-state index contributed by atoms with van der Waals surface area (Å²) < 4.78 is 7.14. The number of aromatic nitrogens is 2. The molecule has 0 bridgehead atoms. The van der Waals surface area contributed by atoms with Gasteiger partial charge in [0, 0.05) is 24.5 Å². The molecule has 0 aliphatic carbocycles. The van der Waals surface area contributed by atoms with Crippen LogP contribution in [0.4, 0.5) is 0 Å². The van der Waals surface area contributed by atoms with Crippen LogP contribution in [0.3, 0.4) is 0 Å². The molecule has 0 saturated carbocycles. The molecular weight excluding hydrogens is 314 g/mol. The van der Waals surface area contributed by atoms with Crippen LogP contribution in [-0.4, -0.2) is 22.6 Å². The third-order valence-corrected chi connectivity index (χ3v) is 4.10. The zero-order valence-corrected chi connectivity index (χ0v) is 14.3. The monoisotopic (exact) mass is 335 g/mol. The van der Waals surface area contributed by atoms with E-state index < -0.39 is 0 Å². The summed E-state index contributed by atoms with van der Waals surface area (Å²) in [6, 6.07) is 15.2. The Bertz CT molecular complexity index is 809. The smallest absolute Gasteiger partial charge is 0.251 e. The van der Waals surface area contributed by atoms with Crippen molar-refractivity contribution in [3.05, 3.63) is 83.9 Å². The highest BCUT2D eigenvalue weighted by Crippen LogP contribution is 2.18. The average molecular weight is 335 g/mol. The maximum Gasteiger partial charge on any atom is 0.251 e. The Labute approximate surface area is 147 Å².